The van der Waals surface area contributed by atoms with Gasteiger partial charge < -0.3 is 15.4 Å². The second-order valence-electron chi connectivity index (χ2n) is 12.5. The summed E-state index contributed by atoms with van der Waals surface area (Å²) < 4.78 is 6.08. The van der Waals surface area contributed by atoms with Crippen LogP contribution in [-0.2, 0) is 4.74 Å². The summed E-state index contributed by atoms with van der Waals surface area (Å²) in [5, 5.41) is 13.9. The van der Waals surface area contributed by atoms with Crippen molar-refractivity contribution in [3.05, 3.63) is 0 Å². The van der Waals surface area contributed by atoms with E-state index in [1.54, 1.807) is 0 Å². The molecule has 3 atom stereocenters. The maximum atomic E-state index is 6.08. The van der Waals surface area contributed by atoms with Gasteiger partial charge in [-0.25, -0.2) is 10.0 Å². The Morgan fingerprint density at radius 3 is 1.98 bits per heavy atom. The fourth-order valence-electron chi connectivity index (χ4n) is 8.60. The van der Waals surface area contributed by atoms with Crippen LogP contribution in [0.4, 0.5) is 0 Å². The SMILES string of the molecule is C1CCN(C2(N3CCNC3)SC(N3CCCC3)CN(N3CCSCC3)C2(N2CCNCC2)N2CCOCC2)CC1. The first-order valence-electron chi connectivity index (χ1n) is 16.4. The van der Waals surface area contributed by atoms with Crippen LogP contribution in [0.25, 0.3) is 0 Å². The summed E-state index contributed by atoms with van der Waals surface area (Å²) >= 11 is 4.50. The van der Waals surface area contributed by atoms with Crippen LogP contribution in [0.1, 0.15) is 32.1 Å². The zero-order valence-corrected chi connectivity index (χ0v) is 26.2. The van der Waals surface area contributed by atoms with Crippen molar-refractivity contribution in [1.82, 2.24) is 45.2 Å². The van der Waals surface area contributed by atoms with Crippen molar-refractivity contribution >= 4 is 23.5 Å². The molecule has 0 aliphatic carbocycles. The Labute approximate surface area is 250 Å². The lowest BCUT2D eigenvalue weighted by atomic mass is 10.00. The predicted octanol–water partition coefficient (Wildman–Crippen LogP) is 0.315. The molecule has 7 heterocycles. The Balaban J connectivity index is 1.44. The predicted molar refractivity (Wildman–Crippen MR) is 165 cm³/mol. The zero-order valence-electron chi connectivity index (χ0n) is 24.6. The van der Waals surface area contributed by atoms with Crippen LogP contribution in [0.2, 0.25) is 0 Å². The van der Waals surface area contributed by atoms with Crippen molar-refractivity contribution in [2.24, 2.45) is 0 Å². The van der Waals surface area contributed by atoms with Crippen molar-refractivity contribution in [3.63, 3.8) is 0 Å². The topological polar surface area (TPSA) is 56.0 Å². The Bertz CT molecular complexity index is 790. The number of nitrogens with one attached hydrogen (secondary N) is 2. The number of hydrazine groups is 1. The van der Waals surface area contributed by atoms with E-state index in [-0.39, 0.29) is 10.8 Å². The molecule has 0 bridgehead atoms. The van der Waals surface area contributed by atoms with Gasteiger partial charge in [-0.05, 0) is 38.8 Å². The molecule has 0 aromatic heterocycles. The van der Waals surface area contributed by atoms with E-state index in [9.17, 15) is 0 Å². The molecule has 7 aliphatic rings. The van der Waals surface area contributed by atoms with Crippen LogP contribution >= 0.6 is 23.5 Å². The highest BCUT2D eigenvalue weighted by Crippen LogP contribution is 2.56. The van der Waals surface area contributed by atoms with Gasteiger partial charge in [-0.3, -0.25) is 24.5 Å². The lowest BCUT2D eigenvalue weighted by Crippen LogP contribution is -2.92. The lowest BCUT2D eigenvalue weighted by Gasteiger charge is -2.73. The second-order valence-corrected chi connectivity index (χ2v) is 15.1. The first-order chi connectivity index (χ1) is 19.8. The summed E-state index contributed by atoms with van der Waals surface area (Å²) in [5.41, 5.74) is 0. The molecule has 10 nitrogen and oxygen atoms in total. The number of ether oxygens (including phenoxy) is 1. The Morgan fingerprint density at radius 1 is 0.625 bits per heavy atom. The molecule has 0 radical (unpaired) electrons. The number of piperidine rings is 1. The van der Waals surface area contributed by atoms with E-state index in [1.165, 1.54) is 69.8 Å². The van der Waals surface area contributed by atoms with Gasteiger partial charge in [0.25, 0.3) is 0 Å². The van der Waals surface area contributed by atoms with E-state index in [0.717, 1.165) is 91.9 Å². The lowest BCUT2D eigenvalue weighted by molar-refractivity contribution is -0.323. The largest absolute Gasteiger partial charge is 0.379 e. The van der Waals surface area contributed by atoms with E-state index in [1.807, 2.05) is 0 Å². The molecule has 3 unspecified atom stereocenters. The molecule has 228 valence electrons. The number of likely N-dealkylation sites (tertiary alicyclic amines) is 2. The molecule has 2 N–H and O–H groups in total. The Hall–Kier alpha value is 0.300. The monoisotopic (exact) mass is 595 g/mol. The highest BCUT2D eigenvalue weighted by molar-refractivity contribution is 8.01. The van der Waals surface area contributed by atoms with E-state index < -0.39 is 0 Å². The summed E-state index contributed by atoms with van der Waals surface area (Å²) in [6.45, 7) is 19.6. The number of hydrogen-bond acceptors (Lipinski definition) is 12. The Kier molecular flexibility index (Phi) is 9.52. The summed E-state index contributed by atoms with van der Waals surface area (Å²) in [6.07, 6.45) is 6.71. The molecule has 40 heavy (non-hydrogen) atoms. The van der Waals surface area contributed by atoms with Crippen LogP contribution in [0.3, 0.4) is 0 Å². The van der Waals surface area contributed by atoms with Crippen LogP contribution in [0, 0.1) is 0 Å². The molecule has 0 amide bonds. The number of nitrogens with zero attached hydrogens (tertiary/aromatic N) is 7. The van der Waals surface area contributed by atoms with E-state index in [2.05, 4.69) is 68.7 Å². The zero-order chi connectivity index (χ0) is 26.8. The number of thioether (sulfide) groups is 2. The minimum atomic E-state index is -0.245. The minimum absolute atomic E-state index is 0.165. The van der Waals surface area contributed by atoms with Gasteiger partial charge in [0.1, 0.15) is 0 Å². The third-order valence-electron chi connectivity index (χ3n) is 10.4. The number of hydrogen-bond donors (Lipinski definition) is 2. The van der Waals surface area contributed by atoms with Gasteiger partial charge in [0, 0.05) is 96.6 Å². The molecule has 0 saturated carbocycles. The molecule has 0 spiro atoms. The highest BCUT2D eigenvalue weighted by atomic mass is 32.2. The molecule has 7 saturated heterocycles. The first kappa shape index (κ1) is 29.0. The van der Waals surface area contributed by atoms with Gasteiger partial charge >= 0.3 is 0 Å². The summed E-state index contributed by atoms with van der Waals surface area (Å²) in [7, 11) is 0. The van der Waals surface area contributed by atoms with Crippen LogP contribution in [-0.4, -0.2) is 180 Å². The first-order valence-corrected chi connectivity index (χ1v) is 18.4. The molecular weight excluding hydrogens is 543 g/mol. The van der Waals surface area contributed by atoms with Gasteiger partial charge in [-0.1, -0.05) is 18.2 Å². The maximum absolute atomic E-state index is 6.08. The van der Waals surface area contributed by atoms with Crippen molar-refractivity contribution in [2.75, 3.05) is 130 Å². The van der Waals surface area contributed by atoms with E-state index in [0.29, 0.717) is 5.37 Å². The Morgan fingerprint density at radius 2 is 1.27 bits per heavy atom. The van der Waals surface area contributed by atoms with Crippen molar-refractivity contribution in [3.8, 4) is 0 Å². The van der Waals surface area contributed by atoms with Gasteiger partial charge in [0.2, 0.25) is 0 Å². The van der Waals surface area contributed by atoms with E-state index >= 15 is 0 Å². The molecular formula is C28H53N9OS2. The van der Waals surface area contributed by atoms with Gasteiger partial charge in [0.15, 0.2) is 10.8 Å². The molecule has 7 fully saturated rings. The number of piperazine rings is 1. The summed E-state index contributed by atoms with van der Waals surface area (Å²) in [6, 6.07) is 0. The van der Waals surface area contributed by atoms with Gasteiger partial charge in [0.05, 0.1) is 25.3 Å². The summed E-state index contributed by atoms with van der Waals surface area (Å²) in [4.78, 5) is 14.5. The molecule has 7 aliphatic heterocycles. The van der Waals surface area contributed by atoms with Crippen molar-refractivity contribution in [1.29, 1.82) is 0 Å². The average molecular weight is 596 g/mol. The van der Waals surface area contributed by atoms with Gasteiger partial charge in [-0.15, -0.1) is 0 Å². The normalized spacial score (nSPS) is 39.8. The molecule has 12 heteroatoms. The van der Waals surface area contributed by atoms with Crippen molar-refractivity contribution in [2.45, 2.75) is 48.3 Å². The van der Waals surface area contributed by atoms with E-state index in [4.69, 9.17) is 4.74 Å². The average Bonchev–Trinajstić information content (AvgIpc) is 3.78. The fourth-order valence-corrected chi connectivity index (χ4v) is 11.6. The third kappa shape index (κ3) is 5.09. The second kappa shape index (κ2) is 13.1. The number of rotatable bonds is 6. The molecule has 7 rings (SSSR count). The van der Waals surface area contributed by atoms with Crippen molar-refractivity contribution < 1.29 is 4.74 Å². The number of morpholine rings is 1. The van der Waals surface area contributed by atoms with Gasteiger partial charge in [-0.2, -0.15) is 11.8 Å². The molecule has 0 aromatic rings. The third-order valence-corrected chi connectivity index (χ3v) is 13.2. The van der Waals surface area contributed by atoms with Crippen LogP contribution < -0.4 is 10.6 Å². The summed E-state index contributed by atoms with van der Waals surface area (Å²) in [5.74, 6) is 2.23. The standard InChI is InChI=1S/C28H53N9OS2/c1-2-11-34(12-3-1)28(35-15-8-30-25-35)27(32-13-6-29-7-14-32,33-16-20-38-21-17-33)37(36-18-22-39-23-19-36)24-26(40-28)31-9-4-5-10-31/h26,29-30H,1-25H2. The fraction of sp³-hybridized carbons (Fsp3) is 1.00. The highest BCUT2D eigenvalue weighted by Gasteiger charge is 2.72. The quantitative estimate of drug-likeness (QED) is 0.445. The van der Waals surface area contributed by atoms with Crippen LogP contribution in [0.15, 0.2) is 0 Å². The maximum Gasteiger partial charge on any atom is 0.187 e. The smallest absolute Gasteiger partial charge is 0.187 e. The minimum Gasteiger partial charge on any atom is -0.379 e. The molecule has 0 aromatic carbocycles. The van der Waals surface area contributed by atoms with Crippen LogP contribution in [0.5, 0.6) is 0 Å².